The fraction of sp³-hybridized carbons (Fsp3) is 0.609. The zero-order chi connectivity index (χ0) is 22.6. The van der Waals surface area contributed by atoms with E-state index in [0.29, 0.717) is 0 Å². The minimum Gasteiger partial charge on any atom is -0.468 e. The average molecular weight is 436 g/mol. The minimum atomic E-state index is -0.556. The number of benzene rings is 1. The van der Waals surface area contributed by atoms with Crippen LogP contribution in [-0.2, 0) is 23.8 Å². The maximum atomic E-state index is 13.3. The normalized spacial score (nSPS) is 21.2. The number of nitrogens with zero attached hydrogens (tertiary/aromatic N) is 1. The average Bonchev–Trinajstić information content (AvgIpc) is 2.73. The van der Waals surface area contributed by atoms with Crippen LogP contribution >= 0.6 is 12.2 Å². The zero-order valence-corrected chi connectivity index (χ0v) is 19.7. The third-order valence-electron chi connectivity index (χ3n) is 5.95. The van der Waals surface area contributed by atoms with Gasteiger partial charge in [0.15, 0.2) is 6.29 Å². The van der Waals surface area contributed by atoms with Crippen molar-refractivity contribution in [3.05, 3.63) is 35.9 Å². The summed E-state index contributed by atoms with van der Waals surface area (Å²) >= 11 is 5.79. The molecule has 0 aliphatic carbocycles. The number of amides is 1. The zero-order valence-electron chi connectivity index (χ0n) is 18.9. The van der Waals surface area contributed by atoms with Crippen LogP contribution in [0.15, 0.2) is 30.3 Å². The summed E-state index contributed by atoms with van der Waals surface area (Å²) in [6, 6.07) is 9.48. The van der Waals surface area contributed by atoms with E-state index in [9.17, 15) is 9.59 Å². The predicted molar refractivity (Wildman–Crippen MR) is 119 cm³/mol. The number of carbonyl (C=O) groups is 2. The summed E-state index contributed by atoms with van der Waals surface area (Å²) in [5, 5.41) is 0. The minimum absolute atomic E-state index is 0.0975. The van der Waals surface area contributed by atoms with Crippen molar-refractivity contribution in [3.8, 4) is 0 Å². The molecule has 1 aromatic rings. The van der Waals surface area contributed by atoms with Crippen molar-refractivity contribution in [2.24, 2.45) is 23.2 Å². The highest BCUT2D eigenvalue weighted by atomic mass is 32.1. The Morgan fingerprint density at radius 2 is 1.70 bits per heavy atom. The number of methoxy groups -OCH3 is 3. The van der Waals surface area contributed by atoms with E-state index in [1.807, 2.05) is 37.3 Å². The van der Waals surface area contributed by atoms with Crippen LogP contribution in [0, 0.1) is 23.2 Å². The molecule has 0 spiro atoms. The Bertz CT molecular complexity index is 757. The van der Waals surface area contributed by atoms with Gasteiger partial charge in [-0.25, -0.2) is 0 Å². The van der Waals surface area contributed by atoms with Crippen molar-refractivity contribution in [1.29, 1.82) is 0 Å². The van der Waals surface area contributed by atoms with Crippen LogP contribution in [-0.4, -0.2) is 61.8 Å². The van der Waals surface area contributed by atoms with Crippen molar-refractivity contribution in [2.45, 2.75) is 40.0 Å². The molecule has 1 saturated heterocycles. The van der Waals surface area contributed by atoms with Crippen LogP contribution in [0.25, 0.3) is 0 Å². The number of esters is 1. The van der Waals surface area contributed by atoms with Gasteiger partial charge in [-0.15, -0.1) is 0 Å². The molecule has 7 heteroatoms. The van der Waals surface area contributed by atoms with Crippen LogP contribution in [0.4, 0.5) is 0 Å². The van der Waals surface area contributed by atoms with Crippen molar-refractivity contribution in [1.82, 2.24) is 4.90 Å². The Hall–Kier alpha value is -1.83. The summed E-state index contributed by atoms with van der Waals surface area (Å²) in [4.78, 5) is 27.6. The second kappa shape index (κ2) is 9.98. The van der Waals surface area contributed by atoms with E-state index in [-0.39, 0.29) is 35.7 Å². The van der Waals surface area contributed by atoms with E-state index in [2.05, 4.69) is 20.8 Å². The second-order valence-electron chi connectivity index (χ2n) is 8.81. The van der Waals surface area contributed by atoms with Crippen LogP contribution in [0.5, 0.6) is 0 Å². The molecule has 4 atom stereocenters. The molecule has 0 bridgehead atoms. The molecule has 1 fully saturated rings. The SMILES string of the molecule is COC(=O)CN1C(=O)[C@@H]([C@@H](C(OC)OC)C(C)(C)C)[C@H]1[C@H](C)C(=S)c1ccccc1. The van der Waals surface area contributed by atoms with Gasteiger partial charge in [-0.3, -0.25) is 9.59 Å². The molecule has 1 aromatic carbocycles. The maximum Gasteiger partial charge on any atom is 0.325 e. The standard InChI is InChI=1S/C23H33NO5S/c1-14(20(30)15-11-9-8-10-12-15)19-17(21(26)24(19)13-16(25)27-5)18(23(2,3)4)22(28-6)29-7/h8-12,14,17-19,22H,13H2,1-7H3/t14-,17-,18-,19+/m0/s1. The fourth-order valence-electron chi connectivity index (χ4n) is 4.46. The number of β-lactam (4-membered cyclic amide) rings is 1. The topological polar surface area (TPSA) is 65.1 Å². The van der Waals surface area contributed by atoms with Crippen LogP contribution in [0.3, 0.4) is 0 Å². The highest BCUT2D eigenvalue weighted by Crippen LogP contribution is 2.47. The van der Waals surface area contributed by atoms with E-state index >= 15 is 0 Å². The van der Waals surface area contributed by atoms with Gasteiger partial charge in [0.25, 0.3) is 0 Å². The second-order valence-corrected chi connectivity index (χ2v) is 9.25. The first-order valence-corrected chi connectivity index (χ1v) is 10.5. The molecule has 6 nitrogen and oxygen atoms in total. The summed E-state index contributed by atoms with van der Waals surface area (Å²) in [5.41, 5.74) is 0.666. The van der Waals surface area contributed by atoms with Crippen LogP contribution in [0.1, 0.15) is 33.3 Å². The van der Waals surface area contributed by atoms with Gasteiger partial charge in [0.2, 0.25) is 5.91 Å². The summed E-state index contributed by atoms with van der Waals surface area (Å²) in [6.45, 7) is 8.11. The van der Waals surface area contributed by atoms with E-state index < -0.39 is 18.2 Å². The molecule has 30 heavy (non-hydrogen) atoms. The van der Waals surface area contributed by atoms with Gasteiger partial charge < -0.3 is 19.1 Å². The highest BCUT2D eigenvalue weighted by Gasteiger charge is 2.58. The number of rotatable bonds is 9. The van der Waals surface area contributed by atoms with Crippen LogP contribution in [0.2, 0.25) is 0 Å². The molecule has 0 unspecified atom stereocenters. The van der Waals surface area contributed by atoms with Gasteiger partial charge in [-0.1, -0.05) is 70.2 Å². The monoisotopic (exact) mass is 435 g/mol. The lowest BCUT2D eigenvalue weighted by Crippen LogP contribution is -2.70. The lowest BCUT2D eigenvalue weighted by molar-refractivity contribution is -0.209. The lowest BCUT2D eigenvalue weighted by atomic mass is 9.63. The number of hydrogen-bond acceptors (Lipinski definition) is 6. The van der Waals surface area contributed by atoms with Crippen molar-refractivity contribution < 1.29 is 23.8 Å². The smallest absolute Gasteiger partial charge is 0.325 e. The van der Waals surface area contributed by atoms with Gasteiger partial charge in [-0.05, 0) is 11.0 Å². The van der Waals surface area contributed by atoms with Crippen molar-refractivity contribution >= 4 is 29.0 Å². The molecule has 2 rings (SSSR count). The molecule has 166 valence electrons. The Balaban J connectivity index is 2.45. The molecule has 1 aliphatic rings. The molecule has 1 aliphatic heterocycles. The summed E-state index contributed by atoms with van der Waals surface area (Å²) in [6.07, 6.45) is -0.556. The van der Waals surface area contributed by atoms with Crippen LogP contribution < -0.4 is 0 Å². The van der Waals surface area contributed by atoms with E-state index in [1.54, 1.807) is 19.1 Å². The van der Waals surface area contributed by atoms with E-state index in [4.69, 9.17) is 26.4 Å². The van der Waals surface area contributed by atoms with E-state index in [0.717, 1.165) is 10.4 Å². The summed E-state index contributed by atoms with van der Waals surface area (Å²) in [7, 11) is 4.48. The molecule has 1 amide bonds. The Labute approximate surface area is 184 Å². The number of carbonyl (C=O) groups excluding carboxylic acids is 2. The molecular formula is C23H33NO5S. The van der Waals surface area contributed by atoms with Gasteiger partial charge in [0, 0.05) is 30.9 Å². The Morgan fingerprint density at radius 1 is 1.13 bits per heavy atom. The lowest BCUT2D eigenvalue weighted by Gasteiger charge is -2.55. The van der Waals surface area contributed by atoms with Gasteiger partial charge in [0.05, 0.1) is 19.1 Å². The summed E-state index contributed by atoms with van der Waals surface area (Å²) in [5.74, 6) is -1.32. The van der Waals surface area contributed by atoms with Crippen molar-refractivity contribution in [2.75, 3.05) is 27.9 Å². The predicted octanol–water partition coefficient (Wildman–Crippen LogP) is 3.32. The largest absolute Gasteiger partial charge is 0.468 e. The summed E-state index contributed by atoms with van der Waals surface area (Å²) < 4.78 is 16.0. The quantitative estimate of drug-likeness (QED) is 0.195. The Morgan fingerprint density at radius 3 is 2.17 bits per heavy atom. The third kappa shape index (κ3) is 4.90. The number of hydrogen-bond donors (Lipinski definition) is 0. The molecular weight excluding hydrogens is 402 g/mol. The molecule has 0 aromatic heterocycles. The third-order valence-corrected chi connectivity index (χ3v) is 6.56. The number of likely N-dealkylation sites (tertiary alicyclic amines) is 1. The fourth-order valence-corrected chi connectivity index (χ4v) is 4.73. The van der Waals surface area contributed by atoms with Gasteiger partial charge >= 0.3 is 5.97 Å². The molecule has 0 N–H and O–H groups in total. The first-order chi connectivity index (χ1) is 14.1. The maximum absolute atomic E-state index is 13.3. The number of thiocarbonyl (C=S) groups is 1. The Kier molecular flexibility index (Phi) is 8.13. The van der Waals surface area contributed by atoms with Crippen molar-refractivity contribution in [3.63, 3.8) is 0 Å². The van der Waals surface area contributed by atoms with E-state index in [1.165, 1.54) is 7.11 Å². The molecule has 1 heterocycles. The molecule has 0 radical (unpaired) electrons. The first kappa shape index (κ1) is 24.4. The molecule has 0 saturated carbocycles. The van der Waals surface area contributed by atoms with Gasteiger partial charge in [0.1, 0.15) is 6.54 Å². The number of ether oxygens (including phenoxy) is 3. The van der Waals surface area contributed by atoms with Gasteiger partial charge in [-0.2, -0.15) is 0 Å². The first-order valence-electron chi connectivity index (χ1n) is 10.1. The highest BCUT2D eigenvalue weighted by molar-refractivity contribution is 7.80.